The molecule has 1 aromatic heterocycles. The summed E-state index contributed by atoms with van der Waals surface area (Å²) in [7, 11) is 3.72. The number of thiophene rings is 1. The van der Waals surface area contributed by atoms with E-state index in [0.717, 1.165) is 27.0 Å². The molecule has 1 aromatic rings. The van der Waals surface area contributed by atoms with Gasteiger partial charge in [0.25, 0.3) is 0 Å². The van der Waals surface area contributed by atoms with Crippen LogP contribution in [0.25, 0.3) is 0 Å². The Kier molecular flexibility index (Phi) is 4.27. The summed E-state index contributed by atoms with van der Waals surface area (Å²) in [5.41, 5.74) is 1.62. The molecule has 2 aliphatic rings. The van der Waals surface area contributed by atoms with Gasteiger partial charge in [-0.3, -0.25) is 9.59 Å². The predicted molar refractivity (Wildman–Crippen MR) is 95.0 cm³/mol. The van der Waals surface area contributed by atoms with Gasteiger partial charge < -0.3 is 0 Å². The normalized spacial score (nSPS) is 24.4. The highest BCUT2D eigenvalue weighted by atomic mass is 79.9. The quantitative estimate of drug-likeness (QED) is 0.759. The highest BCUT2D eigenvalue weighted by Gasteiger charge is 2.44. The number of allylic oxidation sites excluding steroid dienone is 2. The van der Waals surface area contributed by atoms with Crippen molar-refractivity contribution in [2.24, 2.45) is 5.41 Å². The van der Waals surface area contributed by atoms with E-state index in [9.17, 15) is 9.59 Å². The minimum atomic E-state index is -0.109. The summed E-state index contributed by atoms with van der Waals surface area (Å²) in [4.78, 5) is 26.7. The van der Waals surface area contributed by atoms with Gasteiger partial charge in [-0.2, -0.15) is 0 Å². The van der Waals surface area contributed by atoms with E-state index >= 15 is 0 Å². The van der Waals surface area contributed by atoms with Gasteiger partial charge >= 0.3 is 0 Å². The molecule has 1 aliphatic heterocycles. The van der Waals surface area contributed by atoms with Gasteiger partial charge in [0, 0.05) is 58.9 Å². The molecule has 0 fully saturated rings. The summed E-state index contributed by atoms with van der Waals surface area (Å²) < 4.78 is 1.01. The van der Waals surface area contributed by atoms with Gasteiger partial charge in [-0.05, 0) is 33.8 Å². The number of hydrazine groups is 1. The molecule has 1 unspecified atom stereocenters. The zero-order chi connectivity index (χ0) is 16.9. The van der Waals surface area contributed by atoms with E-state index in [2.05, 4.69) is 29.8 Å². The maximum atomic E-state index is 12.9. The number of carbonyl (C=O) groups excluding carboxylic acids is 2. The summed E-state index contributed by atoms with van der Waals surface area (Å²) in [6.07, 6.45) is 1.65. The number of rotatable bonds is 2. The fourth-order valence-corrected chi connectivity index (χ4v) is 5.17. The molecule has 0 saturated heterocycles. The Morgan fingerprint density at radius 1 is 1.30 bits per heavy atom. The Morgan fingerprint density at radius 3 is 2.57 bits per heavy atom. The highest BCUT2D eigenvalue weighted by Crippen LogP contribution is 2.48. The van der Waals surface area contributed by atoms with E-state index in [4.69, 9.17) is 0 Å². The lowest BCUT2D eigenvalue weighted by molar-refractivity contribution is -0.143. The van der Waals surface area contributed by atoms with Crippen LogP contribution in [0.5, 0.6) is 0 Å². The second-order valence-electron chi connectivity index (χ2n) is 7.28. The molecule has 0 aromatic carbocycles. The average molecular weight is 397 g/mol. The first-order chi connectivity index (χ1) is 10.7. The van der Waals surface area contributed by atoms with Crippen LogP contribution >= 0.6 is 27.3 Å². The van der Waals surface area contributed by atoms with Crippen LogP contribution in [-0.4, -0.2) is 35.8 Å². The lowest BCUT2D eigenvalue weighted by atomic mass is 9.70. The smallest absolute Gasteiger partial charge is 0.242 e. The van der Waals surface area contributed by atoms with Crippen LogP contribution in [0.4, 0.5) is 0 Å². The molecule has 0 radical (unpaired) electrons. The van der Waals surface area contributed by atoms with Crippen LogP contribution in [0.1, 0.15) is 43.9 Å². The van der Waals surface area contributed by atoms with Gasteiger partial charge in [0.15, 0.2) is 5.78 Å². The molecule has 0 N–H and O–H groups in total. The molecular weight excluding hydrogens is 376 g/mol. The molecule has 124 valence electrons. The highest BCUT2D eigenvalue weighted by molar-refractivity contribution is 9.10. The van der Waals surface area contributed by atoms with Gasteiger partial charge in [-0.1, -0.05) is 13.8 Å². The average Bonchev–Trinajstić information content (AvgIpc) is 2.81. The van der Waals surface area contributed by atoms with Crippen molar-refractivity contribution in [3.05, 3.63) is 32.1 Å². The summed E-state index contributed by atoms with van der Waals surface area (Å²) in [6.45, 7) is 4.19. The zero-order valence-corrected chi connectivity index (χ0v) is 16.3. The van der Waals surface area contributed by atoms with Crippen molar-refractivity contribution in [3.8, 4) is 0 Å². The van der Waals surface area contributed by atoms with Crippen molar-refractivity contribution in [2.45, 2.75) is 39.0 Å². The van der Waals surface area contributed by atoms with E-state index in [1.165, 1.54) is 0 Å². The SMILES string of the molecule is CN(C)N1C(=O)CC(c2cc(Br)cs2)C2=C1CC(C)(C)CC2=O. The van der Waals surface area contributed by atoms with Gasteiger partial charge in [-0.15, -0.1) is 11.3 Å². The van der Waals surface area contributed by atoms with Gasteiger partial charge in [0.2, 0.25) is 5.91 Å². The molecule has 1 aliphatic carbocycles. The van der Waals surface area contributed by atoms with Gasteiger partial charge in [0.1, 0.15) is 0 Å². The molecule has 0 spiro atoms. The lowest BCUT2D eigenvalue weighted by Crippen LogP contribution is -2.49. The molecule has 3 rings (SSSR count). The van der Waals surface area contributed by atoms with Crippen LogP contribution in [0.15, 0.2) is 27.2 Å². The summed E-state index contributed by atoms with van der Waals surface area (Å²) in [5.74, 6) is 0.146. The molecule has 0 bridgehead atoms. The first-order valence-corrected chi connectivity index (χ1v) is 9.37. The number of ketones is 1. The van der Waals surface area contributed by atoms with E-state index < -0.39 is 0 Å². The fourth-order valence-electron chi connectivity index (χ4n) is 3.62. The third kappa shape index (κ3) is 3.04. The van der Waals surface area contributed by atoms with Crippen LogP contribution < -0.4 is 0 Å². The minimum absolute atomic E-state index is 0.0637. The first-order valence-electron chi connectivity index (χ1n) is 7.70. The third-order valence-electron chi connectivity index (χ3n) is 4.45. The van der Waals surface area contributed by atoms with Crippen LogP contribution in [0.3, 0.4) is 0 Å². The van der Waals surface area contributed by atoms with E-state index in [1.807, 2.05) is 25.5 Å². The first kappa shape index (κ1) is 16.9. The van der Waals surface area contributed by atoms with Crippen LogP contribution in [0.2, 0.25) is 0 Å². The minimum Gasteiger partial charge on any atom is -0.294 e. The van der Waals surface area contributed by atoms with E-state index in [1.54, 1.807) is 21.4 Å². The maximum absolute atomic E-state index is 12.9. The molecule has 1 atom stereocenters. The number of carbonyl (C=O) groups is 2. The number of Topliss-reactive ketones (excluding diaryl/α,β-unsaturated/α-hetero) is 1. The van der Waals surface area contributed by atoms with Crippen molar-refractivity contribution in [1.82, 2.24) is 10.0 Å². The molecular formula is C17H21BrN2O2S. The van der Waals surface area contributed by atoms with Crippen molar-refractivity contribution >= 4 is 39.0 Å². The largest absolute Gasteiger partial charge is 0.294 e. The summed E-state index contributed by atoms with van der Waals surface area (Å²) in [6, 6.07) is 2.03. The molecule has 4 nitrogen and oxygen atoms in total. The topological polar surface area (TPSA) is 40.6 Å². The van der Waals surface area contributed by atoms with Gasteiger partial charge in [0.05, 0.1) is 0 Å². The number of hydrogen-bond donors (Lipinski definition) is 0. The second kappa shape index (κ2) is 5.83. The summed E-state index contributed by atoms with van der Waals surface area (Å²) in [5, 5.41) is 5.51. The predicted octanol–water partition coefficient (Wildman–Crippen LogP) is 3.95. The van der Waals surface area contributed by atoms with Gasteiger partial charge in [-0.25, -0.2) is 10.0 Å². The number of nitrogens with zero attached hydrogens (tertiary/aromatic N) is 2. The monoisotopic (exact) mass is 396 g/mol. The van der Waals surface area contributed by atoms with Crippen molar-refractivity contribution in [2.75, 3.05) is 14.1 Å². The van der Waals surface area contributed by atoms with Crippen molar-refractivity contribution in [3.63, 3.8) is 0 Å². The van der Waals surface area contributed by atoms with Crippen molar-refractivity contribution < 1.29 is 9.59 Å². The summed E-state index contributed by atoms with van der Waals surface area (Å²) >= 11 is 5.08. The van der Waals surface area contributed by atoms with Crippen LogP contribution in [-0.2, 0) is 9.59 Å². The number of amides is 1. The number of hydrogen-bond acceptors (Lipinski definition) is 4. The Bertz CT molecular complexity index is 705. The van der Waals surface area contributed by atoms with E-state index in [-0.39, 0.29) is 23.0 Å². The molecule has 6 heteroatoms. The lowest BCUT2D eigenvalue weighted by Gasteiger charge is -2.44. The molecule has 0 saturated carbocycles. The Balaban J connectivity index is 2.15. The second-order valence-corrected chi connectivity index (χ2v) is 9.14. The molecule has 23 heavy (non-hydrogen) atoms. The Morgan fingerprint density at radius 2 is 2.00 bits per heavy atom. The number of halogens is 1. The molecule has 2 heterocycles. The van der Waals surface area contributed by atoms with Crippen molar-refractivity contribution in [1.29, 1.82) is 0 Å². The standard InChI is InChI=1S/C17H21BrN2O2S/c1-17(2)7-12-16(13(21)8-17)11(14-5-10(18)9-23-14)6-15(22)20(12)19(3)4/h5,9,11H,6-8H2,1-4H3. The van der Waals surface area contributed by atoms with Crippen LogP contribution in [0, 0.1) is 5.41 Å². The van der Waals surface area contributed by atoms with E-state index in [0.29, 0.717) is 12.8 Å². The Labute approximate surface area is 149 Å². The Hall–Kier alpha value is -0.980. The molecule has 1 amide bonds. The third-order valence-corrected chi connectivity index (χ3v) is 6.25. The fraction of sp³-hybridized carbons (Fsp3) is 0.529. The zero-order valence-electron chi connectivity index (χ0n) is 13.9. The maximum Gasteiger partial charge on any atom is 0.242 e.